The Morgan fingerprint density at radius 1 is 0.724 bits per heavy atom. The normalized spacial score (nSPS) is 14.6. The van der Waals surface area contributed by atoms with E-state index in [1.54, 1.807) is 23.1 Å². The minimum atomic E-state index is -0.144. The van der Waals surface area contributed by atoms with E-state index >= 15 is 0 Å². The third kappa shape index (κ3) is 2.93. The summed E-state index contributed by atoms with van der Waals surface area (Å²) in [5.41, 5.74) is 3.76. The third-order valence-corrected chi connectivity index (χ3v) is 5.76. The van der Waals surface area contributed by atoms with Crippen LogP contribution in [0.2, 0.25) is 10.0 Å². The maximum atomic E-state index is 13.5. The molecule has 1 heterocycles. The van der Waals surface area contributed by atoms with Crippen molar-refractivity contribution in [3.8, 4) is 0 Å². The molecule has 5 rings (SSSR count). The summed E-state index contributed by atoms with van der Waals surface area (Å²) in [4.78, 5) is 15.2. The lowest BCUT2D eigenvalue weighted by atomic mass is 10.00. The van der Waals surface area contributed by atoms with Crippen molar-refractivity contribution in [2.75, 3.05) is 4.90 Å². The summed E-state index contributed by atoms with van der Waals surface area (Å²) in [6, 6.07) is 27.2. The number of halogens is 2. The number of carbonyl (C=O) groups excluding carboxylic acids is 1. The molecule has 0 aliphatic carbocycles. The second-order valence-corrected chi connectivity index (χ2v) is 7.67. The molecule has 0 bridgehead atoms. The molecule has 0 radical (unpaired) electrons. The van der Waals surface area contributed by atoms with Crippen LogP contribution in [-0.4, -0.2) is 5.91 Å². The average Bonchev–Trinajstić information content (AvgIpc) is 3.00. The number of benzene rings is 4. The first-order valence-electron chi connectivity index (χ1n) is 9.22. The number of para-hydroxylation sites is 2. The quantitative estimate of drug-likeness (QED) is 0.313. The summed E-state index contributed by atoms with van der Waals surface area (Å²) in [6.07, 6.45) is 1.95. The van der Waals surface area contributed by atoms with E-state index in [0.29, 0.717) is 21.3 Å². The Bertz CT molecular complexity index is 1280. The lowest BCUT2D eigenvalue weighted by molar-refractivity contribution is -0.112. The van der Waals surface area contributed by atoms with Crippen molar-refractivity contribution in [1.82, 2.24) is 0 Å². The van der Waals surface area contributed by atoms with Crippen LogP contribution < -0.4 is 4.90 Å². The van der Waals surface area contributed by atoms with E-state index in [2.05, 4.69) is 18.2 Å². The van der Waals surface area contributed by atoms with Gasteiger partial charge in [-0.2, -0.15) is 0 Å². The van der Waals surface area contributed by atoms with Crippen LogP contribution in [-0.2, 0) is 4.79 Å². The fourth-order valence-electron chi connectivity index (χ4n) is 3.84. The fourth-order valence-corrected chi connectivity index (χ4v) is 4.40. The summed E-state index contributed by atoms with van der Waals surface area (Å²) in [7, 11) is 0. The molecule has 4 aromatic carbocycles. The van der Waals surface area contributed by atoms with Crippen molar-refractivity contribution in [2.24, 2.45) is 0 Å². The van der Waals surface area contributed by atoms with Crippen LogP contribution in [0.5, 0.6) is 0 Å². The van der Waals surface area contributed by atoms with Gasteiger partial charge in [-0.05, 0) is 40.6 Å². The molecule has 4 aromatic rings. The van der Waals surface area contributed by atoms with Crippen LogP contribution in [0.4, 0.5) is 11.4 Å². The van der Waals surface area contributed by atoms with Gasteiger partial charge in [0.25, 0.3) is 5.91 Å². The number of anilines is 2. The van der Waals surface area contributed by atoms with E-state index in [9.17, 15) is 4.79 Å². The summed E-state index contributed by atoms with van der Waals surface area (Å²) < 4.78 is 0. The van der Waals surface area contributed by atoms with Crippen molar-refractivity contribution >= 4 is 62.9 Å². The molecule has 0 unspecified atom stereocenters. The standard InChI is InChI=1S/C25H15Cl2NO/c26-21-12-6-13-22(27)24(21)28-23-14-4-3-11-19(23)20(25(28)29)15-17-9-5-8-16-7-1-2-10-18(16)17/h1-15H/b20-15-. The average molecular weight is 416 g/mol. The van der Waals surface area contributed by atoms with E-state index < -0.39 is 0 Å². The third-order valence-electron chi connectivity index (χ3n) is 5.15. The maximum absolute atomic E-state index is 13.5. The molecule has 4 heteroatoms. The minimum Gasteiger partial charge on any atom is -0.273 e. The Morgan fingerprint density at radius 3 is 2.21 bits per heavy atom. The van der Waals surface area contributed by atoms with Crippen LogP contribution in [0.3, 0.4) is 0 Å². The number of carbonyl (C=O) groups is 1. The summed E-state index contributed by atoms with van der Waals surface area (Å²) in [6.45, 7) is 0. The van der Waals surface area contributed by atoms with Crippen LogP contribution >= 0.6 is 23.2 Å². The van der Waals surface area contributed by atoms with E-state index in [4.69, 9.17) is 23.2 Å². The monoisotopic (exact) mass is 415 g/mol. The van der Waals surface area contributed by atoms with Crippen molar-refractivity contribution in [3.05, 3.63) is 106 Å². The van der Waals surface area contributed by atoms with Crippen molar-refractivity contribution < 1.29 is 4.79 Å². The van der Waals surface area contributed by atoms with Gasteiger partial charge in [0.1, 0.15) is 0 Å². The lowest BCUT2D eigenvalue weighted by Crippen LogP contribution is -2.21. The smallest absolute Gasteiger partial charge is 0.263 e. The van der Waals surface area contributed by atoms with Gasteiger partial charge >= 0.3 is 0 Å². The van der Waals surface area contributed by atoms with Crippen LogP contribution in [0.1, 0.15) is 11.1 Å². The van der Waals surface area contributed by atoms with E-state index in [-0.39, 0.29) is 5.91 Å². The van der Waals surface area contributed by atoms with Crippen LogP contribution in [0.15, 0.2) is 84.9 Å². The summed E-state index contributed by atoms with van der Waals surface area (Å²) in [5, 5.41) is 3.10. The number of hydrogen-bond acceptors (Lipinski definition) is 1. The largest absolute Gasteiger partial charge is 0.273 e. The highest BCUT2D eigenvalue weighted by molar-refractivity contribution is 6.45. The lowest BCUT2D eigenvalue weighted by Gasteiger charge is -2.20. The number of fused-ring (bicyclic) bond motifs is 2. The van der Waals surface area contributed by atoms with Crippen LogP contribution in [0, 0.1) is 0 Å². The van der Waals surface area contributed by atoms with Crippen molar-refractivity contribution in [1.29, 1.82) is 0 Å². The number of rotatable bonds is 2. The topological polar surface area (TPSA) is 20.3 Å². The Balaban J connectivity index is 1.73. The van der Waals surface area contributed by atoms with E-state index in [1.165, 1.54) is 0 Å². The first-order valence-corrected chi connectivity index (χ1v) is 9.98. The van der Waals surface area contributed by atoms with Gasteiger partial charge in [-0.3, -0.25) is 9.69 Å². The zero-order valence-corrected chi connectivity index (χ0v) is 16.8. The predicted octanol–water partition coefficient (Wildman–Crippen LogP) is 7.37. The van der Waals surface area contributed by atoms with Gasteiger partial charge in [-0.15, -0.1) is 0 Å². The molecule has 0 N–H and O–H groups in total. The Morgan fingerprint density at radius 2 is 1.38 bits per heavy atom. The van der Waals surface area contributed by atoms with Crippen LogP contribution in [0.25, 0.3) is 22.4 Å². The Kier molecular flexibility index (Phi) is 4.39. The molecule has 0 atom stereocenters. The maximum Gasteiger partial charge on any atom is 0.263 e. The Hall–Kier alpha value is -3.07. The molecule has 0 saturated heterocycles. The first kappa shape index (κ1) is 18.0. The molecular weight excluding hydrogens is 401 g/mol. The molecule has 1 amide bonds. The molecule has 2 nitrogen and oxygen atoms in total. The molecule has 0 saturated carbocycles. The molecule has 0 spiro atoms. The van der Waals surface area contributed by atoms with Crippen molar-refractivity contribution in [3.63, 3.8) is 0 Å². The van der Waals surface area contributed by atoms with Gasteiger partial charge in [0, 0.05) is 5.56 Å². The van der Waals surface area contributed by atoms with E-state index in [0.717, 1.165) is 27.6 Å². The Labute approximate surface area is 178 Å². The second kappa shape index (κ2) is 7.07. The zero-order chi connectivity index (χ0) is 20.0. The molecule has 1 aliphatic rings. The zero-order valence-electron chi connectivity index (χ0n) is 15.3. The van der Waals surface area contributed by atoms with E-state index in [1.807, 2.05) is 54.6 Å². The second-order valence-electron chi connectivity index (χ2n) is 6.85. The first-order chi connectivity index (χ1) is 14.1. The van der Waals surface area contributed by atoms with Gasteiger partial charge in [-0.1, -0.05) is 89.9 Å². The predicted molar refractivity (Wildman–Crippen MR) is 122 cm³/mol. The SMILES string of the molecule is O=C1/C(=C\c2cccc3ccccc23)c2ccccc2N1c1c(Cl)cccc1Cl. The number of hydrogen-bond donors (Lipinski definition) is 0. The van der Waals surface area contributed by atoms with Gasteiger partial charge in [0.2, 0.25) is 0 Å². The number of nitrogens with zero attached hydrogens (tertiary/aromatic N) is 1. The highest BCUT2D eigenvalue weighted by atomic mass is 35.5. The fraction of sp³-hybridized carbons (Fsp3) is 0. The number of amides is 1. The minimum absolute atomic E-state index is 0.144. The molecule has 140 valence electrons. The highest BCUT2D eigenvalue weighted by Gasteiger charge is 2.35. The molecule has 0 aromatic heterocycles. The highest BCUT2D eigenvalue weighted by Crippen LogP contribution is 2.47. The van der Waals surface area contributed by atoms with Gasteiger partial charge in [-0.25, -0.2) is 0 Å². The summed E-state index contributed by atoms with van der Waals surface area (Å²) in [5.74, 6) is -0.144. The van der Waals surface area contributed by atoms with Crippen molar-refractivity contribution in [2.45, 2.75) is 0 Å². The van der Waals surface area contributed by atoms with Gasteiger partial charge < -0.3 is 0 Å². The molecular formula is C25H15Cl2NO. The van der Waals surface area contributed by atoms with Gasteiger partial charge in [0.15, 0.2) is 0 Å². The molecule has 1 aliphatic heterocycles. The molecule has 29 heavy (non-hydrogen) atoms. The summed E-state index contributed by atoms with van der Waals surface area (Å²) >= 11 is 12.9. The van der Waals surface area contributed by atoms with Gasteiger partial charge in [0.05, 0.1) is 27.0 Å². The molecule has 0 fully saturated rings.